The van der Waals surface area contributed by atoms with Gasteiger partial charge in [0.25, 0.3) is 0 Å². The van der Waals surface area contributed by atoms with Crippen LogP contribution in [0.1, 0.15) is 51.4 Å². The van der Waals surface area contributed by atoms with E-state index in [-0.39, 0.29) is 5.41 Å². The summed E-state index contributed by atoms with van der Waals surface area (Å²) >= 11 is 0. The molecule has 1 aliphatic carbocycles. The lowest BCUT2D eigenvalue weighted by molar-refractivity contribution is -0.155. The number of carboxylic acids is 1. The Balaban J connectivity index is 2.15. The van der Waals surface area contributed by atoms with E-state index in [1.807, 2.05) is 6.08 Å². The second-order valence-corrected chi connectivity index (χ2v) is 4.33. The van der Waals surface area contributed by atoms with Gasteiger partial charge in [0.1, 0.15) is 0 Å². The Bertz CT molecular complexity index is 204. The van der Waals surface area contributed by atoms with Gasteiger partial charge in [-0.25, -0.2) is 0 Å². The van der Waals surface area contributed by atoms with Gasteiger partial charge in [-0.2, -0.15) is 0 Å². The predicted molar refractivity (Wildman–Crippen MR) is 57.2 cm³/mol. The van der Waals surface area contributed by atoms with Crippen molar-refractivity contribution in [2.24, 2.45) is 5.41 Å². The minimum absolute atomic E-state index is 0.339. The zero-order valence-corrected chi connectivity index (χ0v) is 8.80. The van der Waals surface area contributed by atoms with Crippen LogP contribution in [0.15, 0.2) is 12.7 Å². The number of carboxylic acid groups (broad SMARTS) is 1. The monoisotopic (exact) mass is 196 g/mol. The van der Waals surface area contributed by atoms with Crippen molar-refractivity contribution in [2.75, 3.05) is 0 Å². The topological polar surface area (TPSA) is 37.3 Å². The maximum absolute atomic E-state index is 11.0. The van der Waals surface area contributed by atoms with Gasteiger partial charge >= 0.3 is 5.97 Å². The first-order valence-electron chi connectivity index (χ1n) is 5.55. The molecule has 0 bridgehead atoms. The van der Waals surface area contributed by atoms with Crippen molar-refractivity contribution >= 4 is 5.97 Å². The number of carbonyl (C=O) groups is 1. The molecular formula is C12H20O2. The molecule has 1 aliphatic rings. The highest BCUT2D eigenvalue weighted by molar-refractivity contribution is 5.75. The Morgan fingerprint density at radius 2 is 2.07 bits per heavy atom. The summed E-state index contributed by atoms with van der Waals surface area (Å²) < 4.78 is 0. The average molecular weight is 196 g/mol. The van der Waals surface area contributed by atoms with E-state index < -0.39 is 5.97 Å². The third-order valence-electron chi connectivity index (χ3n) is 3.33. The molecule has 2 heteroatoms. The summed E-state index contributed by atoms with van der Waals surface area (Å²) in [6.07, 6.45) is 10.1. The first-order valence-corrected chi connectivity index (χ1v) is 5.55. The smallest absolute Gasteiger partial charge is 0.309 e. The summed E-state index contributed by atoms with van der Waals surface area (Å²) in [4.78, 5) is 11.0. The Hall–Kier alpha value is -0.790. The number of allylic oxidation sites excluding steroid dienone is 1. The van der Waals surface area contributed by atoms with Crippen LogP contribution in [0.5, 0.6) is 0 Å². The second kappa shape index (κ2) is 5.18. The van der Waals surface area contributed by atoms with Crippen LogP contribution in [0.3, 0.4) is 0 Å². The van der Waals surface area contributed by atoms with Crippen LogP contribution in [-0.4, -0.2) is 11.1 Å². The van der Waals surface area contributed by atoms with E-state index in [1.165, 1.54) is 0 Å². The molecule has 0 spiro atoms. The molecule has 0 aromatic heterocycles. The summed E-state index contributed by atoms with van der Waals surface area (Å²) in [7, 11) is 0. The number of unbranched alkanes of at least 4 members (excludes halogenated alkanes) is 3. The first kappa shape index (κ1) is 11.3. The lowest BCUT2D eigenvalue weighted by Gasteiger charge is -2.37. The Morgan fingerprint density at radius 1 is 1.36 bits per heavy atom. The molecule has 1 N–H and O–H groups in total. The molecule has 2 nitrogen and oxygen atoms in total. The SMILES string of the molecule is C=CCCCCCC1(C(=O)O)CCC1. The minimum Gasteiger partial charge on any atom is -0.481 e. The molecule has 14 heavy (non-hydrogen) atoms. The fourth-order valence-electron chi connectivity index (χ4n) is 2.10. The summed E-state index contributed by atoms with van der Waals surface area (Å²) in [5.74, 6) is -0.576. The van der Waals surface area contributed by atoms with Crippen molar-refractivity contribution in [3.05, 3.63) is 12.7 Å². The average Bonchev–Trinajstić information content (AvgIpc) is 2.07. The van der Waals surface area contributed by atoms with Crippen LogP contribution in [-0.2, 0) is 4.79 Å². The van der Waals surface area contributed by atoms with Gasteiger partial charge in [-0.15, -0.1) is 6.58 Å². The lowest BCUT2D eigenvalue weighted by atomic mass is 9.66. The normalized spacial score (nSPS) is 18.6. The standard InChI is InChI=1S/C12H20O2/c1-2-3-4-5-6-8-12(11(13)14)9-7-10-12/h2H,1,3-10H2,(H,13,14). The van der Waals surface area contributed by atoms with Crippen molar-refractivity contribution in [1.29, 1.82) is 0 Å². The predicted octanol–water partition coefficient (Wildman–Crippen LogP) is 3.38. The molecule has 0 aliphatic heterocycles. The molecule has 0 atom stereocenters. The van der Waals surface area contributed by atoms with E-state index in [1.54, 1.807) is 0 Å². The van der Waals surface area contributed by atoms with Crippen LogP contribution >= 0.6 is 0 Å². The van der Waals surface area contributed by atoms with Crippen LogP contribution in [0.25, 0.3) is 0 Å². The van der Waals surface area contributed by atoms with Crippen molar-refractivity contribution in [1.82, 2.24) is 0 Å². The van der Waals surface area contributed by atoms with Crippen molar-refractivity contribution in [3.8, 4) is 0 Å². The summed E-state index contributed by atoms with van der Waals surface area (Å²) in [5.41, 5.74) is -0.339. The summed E-state index contributed by atoms with van der Waals surface area (Å²) in [5, 5.41) is 9.07. The quantitative estimate of drug-likeness (QED) is 0.500. The molecular weight excluding hydrogens is 176 g/mol. The van der Waals surface area contributed by atoms with Gasteiger partial charge in [0.2, 0.25) is 0 Å². The molecule has 0 saturated heterocycles. The van der Waals surface area contributed by atoms with Gasteiger partial charge in [0.15, 0.2) is 0 Å². The van der Waals surface area contributed by atoms with Gasteiger partial charge in [0, 0.05) is 0 Å². The first-order chi connectivity index (χ1) is 6.71. The van der Waals surface area contributed by atoms with Crippen LogP contribution in [0.4, 0.5) is 0 Å². The zero-order chi connectivity index (χ0) is 10.4. The highest BCUT2D eigenvalue weighted by Crippen LogP contribution is 2.45. The lowest BCUT2D eigenvalue weighted by Crippen LogP contribution is -2.37. The van der Waals surface area contributed by atoms with Gasteiger partial charge in [0.05, 0.1) is 5.41 Å². The Kier molecular flexibility index (Phi) is 4.18. The van der Waals surface area contributed by atoms with Gasteiger partial charge in [-0.05, 0) is 32.1 Å². The largest absolute Gasteiger partial charge is 0.481 e. The van der Waals surface area contributed by atoms with E-state index in [0.717, 1.165) is 51.4 Å². The summed E-state index contributed by atoms with van der Waals surface area (Å²) in [6, 6.07) is 0. The maximum Gasteiger partial charge on any atom is 0.309 e. The highest BCUT2D eigenvalue weighted by Gasteiger charge is 2.43. The molecule has 1 saturated carbocycles. The number of aliphatic carboxylic acids is 1. The third-order valence-corrected chi connectivity index (χ3v) is 3.33. The zero-order valence-electron chi connectivity index (χ0n) is 8.80. The van der Waals surface area contributed by atoms with Crippen LogP contribution in [0, 0.1) is 5.41 Å². The molecule has 0 radical (unpaired) electrons. The molecule has 1 rings (SSSR count). The fourth-order valence-corrected chi connectivity index (χ4v) is 2.10. The number of rotatable bonds is 7. The van der Waals surface area contributed by atoms with E-state index in [0.29, 0.717) is 0 Å². The van der Waals surface area contributed by atoms with Crippen LogP contribution in [0.2, 0.25) is 0 Å². The molecule has 1 fully saturated rings. The van der Waals surface area contributed by atoms with E-state index in [2.05, 4.69) is 6.58 Å². The Labute approximate surface area is 86.0 Å². The van der Waals surface area contributed by atoms with Crippen molar-refractivity contribution < 1.29 is 9.90 Å². The summed E-state index contributed by atoms with van der Waals surface area (Å²) in [6.45, 7) is 3.67. The van der Waals surface area contributed by atoms with Gasteiger partial charge in [-0.1, -0.05) is 25.3 Å². The molecule has 0 heterocycles. The Morgan fingerprint density at radius 3 is 2.50 bits per heavy atom. The minimum atomic E-state index is -0.576. The fraction of sp³-hybridized carbons (Fsp3) is 0.750. The molecule has 0 amide bonds. The van der Waals surface area contributed by atoms with E-state index in [4.69, 9.17) is 5.11 Å². The van der Waals surface area contributed by atoms with Gasteiger partial charge < -0.3 is 5.11 Å². The molecule has 0 aromatic rings. The van der Waals surface area contributed by atoms with Crippen LogP contribution < -0.4 is 0 Å². The van der Waals surface area contributed by atoms with E-state index >= 15 is 0 Å². The number of hydrogen-bond acceptors (Lipinski definition) is 1. The van der Waals surface area contributed by atoms with Crippen molar-refractivity contribution in [3.63, 3.8) is 0 Å². The molecule has 0 unspecified atom stereocenters. The molecule has 80 valence electrons. The highest BCUT2D eigenvalue weighted by atomic mass is 16.4. The number of hydrogen-bond donors (Lipinski definition) is 1. The van der Waals surface area contributed by atoms with Crippen molar-refractivity contribution in [2.45, 2.75) is 51.4 Å². The molecule has 0 aromatic carbocycles. The third kappa shape index (κ3) is 2.60. The van der Waals surface area contributed by atoms with E-state index in [9.17, 15) is 4.79 Å². The second-order valence-electron chi connectivity index (χ2n) is 4.33. The van der Waals surface area contributed by atoms with Gasteiger partial charge in [-0.3, -0.25) is 4.79 Å². The maximum atomic E-state index is 11.0.